The SMILES string of the molecule is CC(=O)N(Cc1cc2c(C)cc(C)cc2[nH]c1=O)C[C@@H]1CCCO1. The fourth-order valence-electron chi connectivity index (χ4n) is 3.38. The molecule has 1 aromatic heterocycles. The van der Waals surface area contributed by atoms with E-state index in [0.29, 0.717) is 18.7 Å². The molecule has 2 heterocycles. The van der Waals surface area contributed by atoms with Crippen LogP contribution in [-0.4, -0.2) is 35.0 Å². The molecular formula is C19H24N2O3. The number of hydrogen-bond acceptors (Lipinski definition) is 3. The number of nitrogens with one attached hydrogen (secondary N) is 1. The highest BCUT2D eigenvalue weighted by molar-refractivity contribution is 5.83. The van der Waals surface area contributed by atoms with Crippen molar-refractivity contribution in [1.82, 2.24) is 9.88 Å². The fraction of sp³-hybridized carbons (Fsp3) is 0.474. The number of rotatable bonds is 4. The first-order chi connectivity index (χ1) is 11.4. The van der Waals surface area contributed by atoms with Gasteiger partial charge in [-0.2, -0.15) is 0 Å². The monoisotopic (exact) mass is 328 g/mol. The Morgan fingerprint density at radius 1 is 1.33 bits per heavy atom. The number of aromatic amines is 1. The average Bonchev–Trinajstić information content (AvgIpc) is 3.00. The van der Waals surface area contributed by atoms with Crippen LogP contribution in [0.1, 0.15) is 36.5 Å². The van der Waals surface area contributed by atoms with E-state index in [1.807, 2.05) is 26.0 Å². The van der Waals surface area contributed by atoms with Crippen LogP contribution in [0, 0.1) is 13.8 Å². The molecule has 0 saturated carbocycles. The van der Waals surface area contributed by atoms with Crippen molar-refractivity contribution in [3.63, 3.8) is 0 Å². The number of aromatic nitrogens is 1. The highest BCUT2D eigenvalue weighted by Gasteiger charge is 2.21. The van der Waals surface area contributed by atoms with E-state index in [1.165, 1.54) is 0 Å². The zero-order chi connectivity index (χ0) is 17.3. The Morgan fingerprint density at radius 3 is 2.79 bits per heavy atom. The topological polar surface area (TPSA) is 62.4 Å². The van der Waals surface area contributed by atoms with Crippen LogP contribution in [-0.2, 0) is 16.1 Å². The van der Waals surface area contributed by atoms with Crippen LogP contribution in [0.2, 0.25) is 0 Å². The van der Waals surface area contributed by atoms with Gasteiger partial charge in [-0.05, 0) is 49.9 Å². The highest BCUT2D eigenvalue weighted by Crippen LogP contribution is 2.20. The molecule has 3 rings (SSSR count). The van der Waals surface area contributed by atoms with Crippen LogP contribution < -0.4 is 5.56 Å². The van der Waals surface area contributed by atoms with E-state index in [-0.39, 0.29) is 17.6 Å². The third kappa shape index (κ3) is 3.51. The summed E-state index contributed by atoms with van der Waals surface area (Å²) in [5, 5.41) is 1.02. The predicted molar refractivity (Wildman–Crippen MR) is 94.1 cm³/mol. The lowest BCUT2D eigenvalue weighted by Gasteiger charge is -2.24. The molecule has 128 valence electrons. The van der Waals surface area contributed by atoms with Crippen molar-refractivity contribution in [2.24, 2.45) is 0 Å². The van der Waals surface area contributed by atoms with E-state index < -0.39 is 0 Å². The lowest BCUT2D eigenvalue weighted by molar-refractivity contribution is -0.131. The van der Waals surface area contributed by atoms with Crippen molar-refractivity contribution in [3.8, 4) is 0 Å². The van der Waals surface area contributed by atoms with Crippen LogP contribution in [0.25, 0.3) is 10.9 Å². The van der Waals surface area contributed by atoms with E-state index >= 15 is 0 Å². The molecular weight excluding hydrogens is 304 g/mol. The number of hydrogen-bond donors (Lipinski definition) is 1. The first kappa shape index (κ1) is 16.7. The van der Waals surface area contributed by atoms with E-state index in [0.717, 1.165) is 41.5 Å². The summed E-state index contributed by atoms with van der Waals surface area (Å²) in [5.74, 6) is -0.0365. The van der Waals surface area contributed by atoms with Crippen molar-refractivity contribution in [3.05, 3.63) is 45.2 Å². The third-order valence-corrected chi connectivity index (χ3v) is 4.64. The Kier molecular flexibility index (Phi) is 4.71. The lowest BCUT2D eigenvalue weighted by Crippen LogP contribution is -2.36. The van der Waals surface area contributed by atoms with E-state index in [2.05, 4.69) is 11.1 Å². The molecule has 1 aliphatic rings. The molecule has 0 bridgehead atoms. The average molecular weight is 328 g/mol. The second kappa shape index (κ2) is 6.77. The molecule has 1 amide bonds. The summed E-state index contributed by atoms with van der Waals surface area (Å²) < 4.78 is 5.62. The van der Waals surface area contributed by atoms with Crippen LogP contribution in [0.4, 0.5) is 0 Å². The number of amides is 1. The molecule has 1 saturated heterocycles. The summed E-state index contributed by atoms with van der Waals surface area (Å²) >= 11 is 0. The number of aryl methyl sites for hydroxylation is 2. The Labute approximate surface area is 141 Å². The van der Waals surface area contributed by atoms with Crippen molar-refractivity contribution >= 4 is 16.8 Å². The van der Waals surface area contributed by atoms with Crippen molar-refractivity contribution in [2.45, 2.75) is 46.3 Å². The minimum absolute atomic E-state index is 0.0365. The van der Waals surface area contributed by atoms with Crippen LogP contribution >= 0.6 is 0 Å². The molecule has 1 atom stereocenters. The molecule has 1 N–H and O–H groups in total. The number of ether oxygens (including phenoxy) is 1. The molecule has 2 aromatic rings. The van der Waals surface area contributed by atoms with E-state index in [4.69, 9.17) is 4.74 Å². The maximum Gasteiger partial charge on any atom is 0.253 e. The standard InChI is InChI=1S/C19H24N2O3/c1-12-7-13(2)17-9-15(19(23)20-18(17)8-12)10-21(14(3)22)11-16-5-4-6-24-16/h7-9,16H,4-6,10-11H2,1-3H3,(H,20,23)/t16-/m0/s1. The highest BCUT2D eigenvalue weighted by atomic mass is 16.5. The summed E-state index contributed by atoms with van der Waals surface area (Å²) in [6.45, 7) is 7.20. The van der Waals surface area contributed by atoms with Gasteiger partial charge in [-0.15, -0.1) is 0 Å². The van der Waals surface area contributed by atoms with E-state index in [1.54, 1.807) is 11.8 Å². The van der Waals surface area contributed by atoms with Gasteiger partial charge in [0.25, 0.3) is 5.56 Å². The zero-order valence-electron chi connectivity index (χ0n) is 14.5. The van der Waals surface area contributed by atoms with Gasteiger partial charge in [0.1, 0.15) is 0 Å². The second-order valence-corrected chi connectivity index (χ2v) is 6.70. The fourth-order valence-corrected chi connectivity index (χ4v) is 3.38. The number of nitrogens with zero attached hydrogens (tertiary/aromatic N) is 1. The van der Waals surface area contributed by atoms with Gasteiger partial charge in [0, 0.05) is 36.5 Å². The molecule has 1 fully saturated rings. The number of fused-ring (bicyclic) bond motifs is 1. The Balaban J connectivity index is 1.90. The van der Waals surface area contributed by atoms with Gasteiger partial charge in [0.15, 0.2) is 0 Å². The maximum atomic E-state index is 12.4. The van der Waals surface area contributed by atoms with Gasteiger partial charge in [0.2, 0.25) is 5.91 Å². The summed E-state index contributed by atoms with van der Waals surface area (Å²) in [6, 6.07) is 5.98. The lowest BCUT2D eigenvalue weighted by atomic mass is 10.0. The summed E-state index contributed by atoms with van der Waals surface area (Å²) in [5.41, 5.74) is 3.56. The molecule has 1 aromatic carbocycles. The van der Waals surface area contributed by atoms with E-state index in [9.17, 15) is 9.59 Å². The summed E-state index contributed by atoms with van der Waals surface area (Å²) in [7, 11) is 0. The smallest absolute Gasteiger partial charge is 0.253 e. The first-order valence-corrected chi connectivity index (χ1v) is 8.44. The number of carbonyl (C=O) groups excluding carboxylic acids is 1. The second-order valence-electron chi connectivity index (χ2n) is 6.70. The Hall–Kier alpha value is -2.14. The minimum Gasteiger partial charge on any atom is -0.376 e. The molecule has 0 radical (unpaired) electrons. The Morgan fingerprint density at radius 2 is 2.12 bits per heavy atom. The van der Waals surface area contributed by atoms with Gasteiger partial charge in [-0.3, -0.25) is 9.59 Å². The maximum absolute atomic E-state index is 12.4. The van der Waals surface area contributed by atoms with Crippen LogP contribution in [0.15, 0.2) is 23.0 Å². The van der Waals surface area contributed by atoms with Crippen LogP contribution in [0.5, 0.6) is 0 Å². The van der Waals surface area contributed by atoms with Gasteiger partial charge in [0.05, 0.1) is 12.6 Å². The summed E-state index contributed by atoms with van der Waals surface area (Å²) in [4.78, 5) is 29.1. The largest absolute Gasteiger partial charge is 0.376 e. The summed E-state index contributed by atoms with van der Waals surface area (Å²) in [6.07, 6.45) is 2.08. The number of benzene rings is 1. The molecule has 24 heavy (non-hydrogen) atoms. The predicted octanol–water partition coefficient (Wildman–Crippen LogP) is 2.67. The Bertz CT molecular complexity index is 819. The number of H-pyrrole nitrogens is 1. The third-order valence-electron chi connectivity index (χ3n) is 4.64. The van der Waals surface area contributed by atoms with Crippen molar-refractivity contribution in [2.75, 3.05) is 13.2 Å². The molecule has 0 aliphatic carbocycles. The minimum atomic E-state index is -0.133. The van der Waals surface area contributed by atoms with Gasteiger partial charge >= 0.3 is 0 Å². The van der Waals surface area contributed by atoms with Crippen molar-refractivity contribution in [1.29, 1.82) is 0 Å². The molecule has 1 aliphatic heterocycles. The van der Waals surface area contributed by atoms with Crippen molar-refractivity contribution < 1.29 is 9.53 Å². The molecule has 0 unspecified atom stereocenters. The number of pyridine rings is 1. The molecule has 5 heteroatoms. The van der Waals surface area contributed by atoms with Crippen LogP contribution in [0.3, 0.4) is 0 Å². The normalized spacial score (nSPS) is 17.4. The van der Waals surface area contributed by atoms with Gasteiger partial charge < -0.3 is 14.6 Å². The first-order valence-electron chi connectivity index (χ1n) is 8.44. The molecule has 5 nitrogen and oxygen atoms in total. The molecule has 0 spiro atoms. The quantitative estimate of drug-likeness (QED) is 0.938. The van der Waals surface area contributed by atoms with Gasteiger partial charge in [-0.1, -0.05) is 6.07 Å². The zero-order valence-corrected chi connectivity index (χ0v) is 14.5. The van der Waals surface area contributed by atoms with Gasteiger partial charge in [-0.25, -0.2) is 0 Å². The number of carbonyl (C=O) groups is 1.